The average Bonchev–Trinajstić information content (AvgIpc) is 2.57. The predicted molar refractivity (Wildman–Crippen MR) is 105 cm³/mol. The molecule has 0 bridgehead atoms. The standard InChI is InChI=1S/C21H41NO3/c1-19(23)20(22)17-15-13-11-9-7-5-3-2-4-6-8-10-12-14-16-18-21(24)25/h20H,2-18,22H2,1H3,(H,24,25). The van der Waals surface area contributed by atoms with E-state index >= 15 is 0 Å². The lowest BCUT2D eigenvalue weighted by Gasteiger charge is -2.07. The summed E-state index contributed by atoms with van der Waals surface area (Å²) in [6.07, 6.45) is 19.7. The summed E-state index contributed by atoms with van der Waals surface area (Å²) in [5.74, 6) is -0.560. The molecule has 0 aromatic rings. The monoisotopic (exact) mass is 355 g/mol. The quantitative estimate of drug-likeness (QED) is 0.295. The zero-order valence-corrected chi connectivity index (χ0v) is 16.4. The molecule has 4 heteroatoms. The molecule has 4 nitrogen and oxygen atoms in total. The van der Waals surface area contributed by atoms with Gasteiger partial charge in [-0.25, -0.2) is 0 Å². The van der Waals surface area contributed by atoms with E-state index in [1.165, 1.54) is 77.0 Å². The average molecular weight is 356 g/mol. The van der Waals surface area contributed by atoms with Gasteiger partial charge < -0.3 is 10.8 Å². The molecule has 0 saturated heterocycles. The smallest absolute Gasteiger partial charge is 0.303 e. The van der Waals surface area contributed by atoms with Gasteiger partial charge >= 0.3 is 5.97 Å². The zero-order valence-electron chi connectivity index (χ0n) is 16.4. The van der Waals surface area contributed by atoms with Crippen molar-refractivity contribution in [3.8, 4) is 0 Å². The molecule has 0 aliphatic heterocycles. The Morgan fingerprint density at radius 3 is 1.32 bits per heavy atom. The second-order valence-corrected chi connectivity index (χ2v) is 7.45. The third-order valence-corrected chi connectivity index (χ3v) is 4.93. The number of rotatable bonds is 19. The topological polar surface area (TPSA) is 80.4 Å². The molecule has 0 fully saturated rings. The van der Waals surface area contributed by atoms with Crippen molar-refractivity contribution in [2.24, 2.45) is 5.73 Å². The third-order valence-electron chi connectivity index (χ3n) is 4.93. The van der Waals surface area contributed by atoms with E-state index in [1.807, 2.05) is 0 Å². The second kappa shape index (κ2) is 17.9. The highest BCUT2D eigenvalue weighted by Crippen LogP contribution is 2.14. The van der Waals surface area contributed by atoms with Crippen molar-refractivity contribution in [1.82, 2.24) is 0 Å². The minimum absolute atomic E-state index is 0.109. The van der Waals surface area contributed by atoms with Crippen LogP contribution in [0.25, 0.3) is 0 Å². The largest absolute Gasteiger partial charge is 0.481 e. The summed E-state index contributed by atoms with van der Waals surface area (Å²) in [6, 6.07) is -0.246. The molecule has 0 aromatic heterocycles. The van der Waals surface area contributed by atoms with Crippen LogP contribution in [0.2, 0.25) is 0 Å². The first-order chi connectivity index (χ1) is 12.0. The van der Waals surface area contributed by atoms with Crippen LogP contribution in [-0.4, -0.2) is 22.9 Å². The lowest BCUT2D eigenvalue weighted by molar-refractivity contribution is -0.137. The maximum atomic E-state index is 11.0. The molecule has 0 heterocycles. The van der Waals surface area contributed by atoms with Gasteiger partial charge in [-0.05, 0) is 19.8 Å². The summed E-state index contributed by atoms with van der Waals surface area (Å²) in [5, 5.41) is 8.55. The van der Waals surface area contributed by atoms with Gasteiger partial charge in [-0.2, -0.15) is 0 Å². The molecule has 148 valence electrons. The van der Waals surface area contributed by atoms with Crippen molar-refractivity contribution in [3.05, 3.63) is 0 Å². The van der Waals surface area contributed by atoms with Crippen molar-refractivity contribution < 1.29 is 14.7 Å². The van der Waals surface area contributed by atoms with Gasteiger partial charge in [-0.15, -0.1) is 0 Å². The Labute approximate surface area is 154 Å². The Bertz CT molecular complexity index is 331. The molecule has 0 radical (unpaired) electrons. The van der Waals surface area contributed by atoms with Gasteiger partial charge in [0.2, 0.25) is 0 Å². The Hall–Kier alpha value is -0.900. The van der Waals surface area contributed by atoms with Crippen LogP contribution >= 0.6 is 0 Å². The van der Waals surface area contributed by atoms with Crippen molar-refractivity contribution >= 4 is 11.8 Å². The first kappa shape index (κ1) is 24.1. The maximum Gasteiger partial charge on any atom is 0.303 e. The van der Waals surface area contributed by atoms with Crippen LogP contribution in [0.5, 0.6) is 0 Å². The Kier molecular flexibility index (Phi) is 17.3. The van der Waals surface area contributed by atoms with E-state index in [4.69, 9.17) is 10.8 Å². The van der Waals surface area contributed by atoms with Crippen LogP contribution in [0.15, 0.2) is 0 Å². The van der Waals surface area contributed by atoms with Crippen LogP contribution in [-0.2, 0) is 9.59 Å². The van der Waals surface area contributed by atoms with Crippen LogP contribution < -0.4 is 5.73 Å². The van der Waals surface area contributed by atoms with E-state index in [2.05, 4.69) is 0 Å². The lowest BCUT2D eigenvalue weighted by atomic mass is 10.0. The fourth-order valence-electron chi connectivity index (χ4n) is 3.14. The molecule has 1 atom stereocenters. The minimum atomic E-state index is -0.669. The van der Waals surface area contributed by atoms with Gasteiger partial charge in [0.25, 0.3) is 0 Å². The molecule has 0 amide bonds. The Morgan fingerprint density at radius 2 is 1.00 bits per heavy atom. The van der Waals surface area contributed by atoms with Gasteiger partial charge in [-0.1, -0.05) is 89.9 Å². The summed E-state index contributed by atoms with van der Waals surface area (Å²) >= 11 is 0. The summed E-state index contributed by atoms with van der Waals surface area (Å²) in [7, 11) is 0. The second-order valence-electron chi connectivity index (χ2n) is 7.45. The van der Waals surface area contributed by atoms with Crippen molar-refractivity contribution in [1.29, 1.82) is 0 Å². The number of hydrogen-bond donors (Lipinski definition) is 2. The molecular formula is C21H41NO3. The van der Waals surface area contributed by atoms with Crippen LogP contribution in [0.4, 0.5) is 0 Å². The maximum absolute atomic E-state index is 11.0. The molecule has 25 heavy (non-hydrogen) atoms. The van der Waals surface area contributed by atoms with Gasteiger partial charge in [0.15, 0.2) is 0 Å². The number of hydrogen-bond acceptors (Lipinski definition) is 3. The number of carbonyl (C=O) groups is 2. The molecule has 0 aliphatic rings. The van der Waals surface area contributed by atoms with E-state index in [0.717, 1.165) is 25.7 Å². The highest BCUT2D eigenvalue weighted by molar-refractivity contribution is 5.81. The molecular weight excluding hydrogens is 314 g/mol. The number of ketones is 1. The number of carboxylic acids is 1. The normalized spacial score (nSPS) is 12.2. The van der Waals surface area contributed by atoms with E-state index in [0.29, 0.717) is 6.42 Å². The first-order valence-corrected chi connectivity index (χ1v) is 10.5. The lowest BCUT2D eigenvalue weighted by Crippen LogP contribution is -2.27. The highest BCUT2D eigenvalue weighted by atomic mass is 16.4. The molecule has 0 aromatic carbocycles. The molecule has 3 N–H and O–H groups in total. The van der Waals surface area contributed by atoms with E-state index in [-0.39, 0.29) is 11.8 Å². The summed E-state index contributed by atoms with van der Waals surface area (Å²) < 4.78 is 0. The van der Waals surface area contributed by atoms with E-state index in [1.54, 1.807) is 6.92 Å². The number of aliphatic carboxylic acids is 1. The first-order valence-electron chi connectivity index (χ1n) is 10.5. The Morgan fingerprint density at radius 1 is 0.680 bits per heavy atom. The van der Waals surface area contributed by atoms with Gasteiger partial charge in [-0.3, -0.25) is 9.59 Å². The predicted octanol–water partition coefficient (Wildman–Crippen LogP) is 5.62. The SMILES string of the molecule is CC(=O)C(N)CCCCCCCCCCCCCCCCCC(=O)O. The van der Waals surface area contributed by atoms with E-state index < -0.39 is 5.97 Å². The molecule has 1 unspecified atom stereocenters. The van der Waals surface area contributed by atoms with Crippen molar-refractivity contribution in [2.45, 2.75) is 122 Å². The van der Waals surface area contributed by atoms with Gasteiger partial charge in [0.1, 0.15) is 5.78 Å². The summed E-state index contributed by atoms with van der Waals surface area (Å²) in [6.45, 7) is 1.58. The number of carbonyl (C=O) groups excluding carboxylic acids is 1. The summed E-state index contributed by atoms with van der Waals surface area (Å²) in [5.41, 5.74) is 5.72. The molecule has 0 rings (SSSR count). The van der Waals surface area contributed by atoms with Crippen molar-refractivity contribution in [3.63, 3.8) is 0 Å². The number of carboxylic acid groups (broad SMARTS) is 1. The number of unbranched alkanes of at least 4 members (excludes halogenated alkanes) is 14. The van der Waals surface area contributed by atoms with Crippen LogP contribution in [0.1, 0.15) is 116 Å². The molecule has 0 saturated carbocycles. The number of nitrogens with two attached hydrogens (primary N) is 1. The van der Waals surface area contributed by atoms with Crippen LogP contribution in [0.3, 0.4) is 0 Å². The van der Waals surface area contributed by atoms with Crippen LogP contribution in [0, 0.1) is 0 Å². The highest BCUT2D eigenvalue weighted by Gasteiger charge is 2.06. The van der Waals surface area contributed by atoms with Gasteiger partial charge in [0.05, 0.1) is 6.04 Å². The fourth-order valence-corrected chi connectivity index (χ4v) is 3.14. The fraction of sp³-hybridized carbons (Fsp3) is 0.905. The third kappa shape index (κ3) is 19.3. The van der Waals surface area contributed by atoms with Crippen molar-refractivity contribution in [2.75, 3.05) is 0 Å². The Balaban J connectivity index is 3.07. The van der Waals surface area contributed by atoms with Gasteiger partial charge in [0, 0.05) is 6.42 Å². The number of Topliss-reactive ketones (excluding diaryl/α,β-unsaturated/α-hetero) is 1. The minimum Gasteiger partial charge on any atom is -0.481 e. The zero-order chi connectivity index (χ0) is 18.8. The summed E-state index contributed by atoms with van der Waals surface area (Å²) in [4.78, 5) is 21.4. The van der Waals surface area contributed by atoms with E-state index in [9.17, 15) is 9.59 Å². The molecule has 0 aliphatic carbocycles. The molecule has 0 spiro atoms.